The molecular weight excluding hydrogens is 311 g/mol. The molecule has 0 unspecified atom stereocenters. The van der Waals surface area contributed by atoms with Crippen LogP contribution >= 0.6 is 23.2 Å². The molecule has 0 bridgehead atoms. The Bertz CT molecular complexity index is 497. The number of hydrogen-bond donors (Lipinski definition) is 1. The molecule has 0 amide bonds. The molecule has 1 N–H and O–H groups in total. The van der Waals surface area contributed by atoms with Crippen molar-refractivity contribution in [1.29, 1.82) is 0 Å². The molecule has 1 aromatic rings. The van der Waals surface area contributed by atoms with Crippen molar-refractivity contribution in [3.05, 3.63) is 33.8 Å². The fourth-order valence-corrected chi connectivity index (χ4v) is 2.88. The Balaban J connectivity index is 1.85. The zero-order chi connectivity index (χ0) is 15.2. The molecule has 2 rings (SSSR count). The monoisotopic (exact) mass is 330 g/mol. The topological polar surface area (TPSA) is 43.8 Å². The van der Waals surface area contributed by atoms with Gasteiger partial charge in [0.05, 0.1) is 16.5 Å². The molecule has 116 valence electrons. The van der Waals surface area contributed by atoms with Crippen LogP contribution in [0.15, 0.2) is 18.2 Å². The molecular formula is C15H20Cl2N2O2. The van der Waals surface area contributed by atoms with Gasteiger partial charge < -0.3 is 10.0 Å². The number of nitrogens with zero attached hydrogens (tertiary/aromatic N) is 2. The fraction of sp³-hybridized carbons (Fsp3) is 0.533. The molecule has 4 nitrogen and oxygen atoms in total. The number of carbonyl (C=O) groups is 1. The standard InChI is InChI=1S/C15H20Cl2N2O2/c16-13-3-2-12(10-14(13)17)11-19-6-1-5-18(8-9-19)7-4-15(20)21/h2-3,10H,1,4-9,11H2,(H,20,21). The van der Waals surface area contributed by atoms with Gasteiger partial charge in [-0.3, -0.25) is 9.69 Å². The second-order valence-electron chi connectivity index (χ2n) is 5.36. The molecule has 1 aliphatic heterocycles. The number of carboxylic acid groups (broad SMARTS) is 1. The third kappa shape index (κ3) is 5.47. The lowest BCUT2D eigenvalue weighted by Crippen LogP contribution is -2.31. The van der Waals surface area contributed by atoms with Crippen molar-refractivity contribution in [2.75, 3.05) is 32.7 Å². The molecule has 1 heterocycles. The number of carboxylic acids is 1. The molecule has 1 aromatic carbocycles. The SMILES string of the molecule is O=C(O)CCN1CCCN(Cc2ccc(Cl)c(Cl)c2)CC1. The molecule has 1 saturated heterocycles. The van der Waals surface area contributed by atoms with Gasteiger partial charge in [-0.05, 0) is 37.2 Å². The van der Waals surface area contributed by atoms with Crippen LogP contribution < -0.4 is 0 Å². The third-order valence-electron chi connectivity index (χ3n) is 3.71. The number of benzene rings is 1. The van der Waals surface area contributed by atoms with Crippen molar-refractivity contribution in [3.8, 4) is 0 Å². The zero-order valence-corrected chi connectivity index (χ0v) is 13.4. The van der Waals surface area contributed by atoms with Crippen LogP contribution in [-0.4, -0.2) is 53.6 Å². The molecule has 1 fully saturated rings. The Kier molecular flexibility index (Phi) is 6.30. The van der Waals surface area contributed by atoms with E-state index >= 15 is 0 Å². The average Bonchev–Trinajstić information content (AvgIpc) is 2.66. The van der Waals surface area contributed by atoms with E-state index in [0.29, 0.717) is 16.6 Å². The molecule has 6 heteroatoms. The van der Waals surface area contributed by atoms with E-state index in [-0.39, 0.29) is 6.42 Å². The number of aliphatic carboxylic acids is 1. The summed E-state index contributed by atoms with van der Waals surface area (Å²) in [7, 11) is 0. The van der Waals surface area contributed by atoms with Gasteiger partial charge in [0.2, 0.25) is 0 Å². The molecule has 1 aliphatic rings. The summed E-state index contributed by atoms with van der Waals surface area (Å²) < 4.78 is 0. The summed E-state index contributed by atoms with van der Waals surface area (Å²) in [5.74, 6) is -0.730. The van der Waals surface area contributed by atoms with E-state index in [4.69, 9.17) is 28.3 Å². The lowest BCUT2D eigenvalue weighted by Gasteiger charge is -2.21. The number of rotatable bonds is 5. The second-order valence-corrected chi connectivity index (χ2v) is 6.18. The fourth-order valence-electron chi connectivity index (χ4n) is 2.56. The van der Waals surface area contributed by atoms with Gasteiger partial charge in [0.25, 0.3) is 0 Å². The molecule has 0 spiro atoms. The largest absolute Gasteiger partial charge is 0.481 e. The van der Waals surface area contributed by atoms with Gasteiger partial charge in [-0.15, -0.1) is 0 Å². The van der Waals surface area contributed by atoms with E-state index in [0.717, 1.165) is 44.7 Å². The van der Waals surface area contributed by atoms with Crippen molar-refractivity contribution in [2.24, 2.45) is 0 Å². The van der Waals surface area contributed by atoms with Crippen LogP contribution in [0.1, 0.15) is 18.4 Å². The first-order chi connectivity index (χ1) is 10.0. The maximum absolute atomic E-state index is 10.6. The summed E-state index contributed by atoms with van der Waals surface area (Å²) in [6.07, 6.45) is 1.27. The predicted molar refractivity (Wildman–Crippen MR) is 85.0 cm³/mol. The first-order valence-corrected chi connectivity index (χ1v) is 7.90. The maximum Gasteiger partial charge on any atom is 0.304 e. The Labute approximate surface area is 135 Å². The van der Waals surface area contributed by atoms with E-state index in [9.17, 15) is 4.79 Å². The lowest BCUT2D eigenvalue weighted by atomic mass is 10.2. The van der Waals surface area contributed by atoms with Crippen molar-refractivity contribution in [3.63, 3.8) is 0 Å². The van der Waals surface area contributed by atoms with Gasteiger partial charge in [0.1, 0.15) is 0 Å². The molecule has 0 aliphatic carbocycles. The molecule has 0 atom stereocenters. The maximum atomic E-state index is 10.6. The van der Waals surface area contributed by atoms with Crippen LogP contribution in [0, 0.1) is 0 Å². The minimum Gasteiger partial charge on any atom is -0.481 e. The summed E-state index contributed by atoms with van der Waals surface area (Å²) in [6.45, 7) is 5.32. The average molecular weight is 331 g/mol. The summed E-state index contributed by atoms with van der Waals surface area (Å²) in [5, 5.41) is 9.92. The van der Waals surface area contributed by atoms with E-state index in [1.54, 1.807) is 0 Å². The van der Waals surface area contributed by atoms with Gasteiger partial charge in [0.15, 0.2) is 0 Å². The van der Waals surface area contributed by atoms with Crippen LogP contribution in [0.3, 0.4) is 0 Å². The van der Waals surface area contributed by atoms with E-state index < -0.39 is 5.97 Å². The van der Waals surface area contributed by atoms with Gasteiger partial charge in [-0.2, -0.15) is 0 Å². The minimum absolute atomic E-state index is 0.215. The quantitative estimate of drug-likeness (QED) is 0.901. The Morgan fingerprint density at radius 1 is 1.10 bits per heavy atom. The lowest BCUT2D eigenvalue weighted by molar-refractivity contribution is -0.137. The van der Waals surface area contributed by atoms with Crippen LogP contribution in [0.4, 0.5) is 0 Å². The smallest absolute Gasteiger partial charge is 0.304 e. The predicted octanol–water partition coefficient (Wildman–Crippen LogP) is 2.98. The van der Waals surface area contributed by atoms with Gasteiger partial charge >= 0.3 is 5.97 Å². The van der Waals surface area contributed by atoms with E-state index in [1.807, 2.05) is 18.2 Å². The highest BCUT2D eigenvalue weighted by molar-refractivity contribution is 6.42. The van der Waals surface area contributed by atoms with Gasteiger partial charge in [-0.25, -0.2) is 0 Å². The van der Waals surface area contributed by atoms with Crippen molar-refractivity contribution in [2.45, 2.75) is 19.4 Å². The first-order valence-electron chi connectivity index (χ1n) is 7.15. The van der Waals surface area contributed by atoms with E-state index in [2.05, 4.69) is 9.80 Å². The van der Waals surface area contributed by atoms with Crippen molar-refractivity contribution < 1.29 is 9.90 Å². The minimum atomic E-state index is -0.730. The van der Waals surface area contributed by atoms with Crippen LogP contribution in [0.5, 0.6) is 0 Å². The summed E-state index contributed by atoms with van der Waals surface area (Å²) in [4.78, 5) is 15.2. The zero-order valence-electron chi connectivity index (χ0n) is 11.9. The highest BCUT2D eigenvalue weighted by atomic mass is 35.5. The van der Waals surface area contributed by atoms with Crippen LogP contribution in [0.2, 0.25) is 10.0 Å². The number of halogens is 2. The Morgan fingerprint density at radius 2 is 1.81 bits per heavy atom. The summed E-state index contributed by atoms with van der Waals surface area (Å²) in [6, 6.07) is 5.74. The highest BCUT2D eigenvalue weighted by Gasteiger charge is 2.15. The van der Waals surface area contributed by atoms with Gasteiger partial charge in [-0.1, -0.05) is 29.3 Å². The molecule has 21 heavy (non-hydrogen) atoms. The molecule has 0 radical (unpaired) electrons. The van der Waals surface area contributed by atoms with Crippen LogP contribution in [-0.2, 0) is 11.3 Å². The number of hydrogen-bond acceptors (Lipinski definition) is 3. The molecule has 0 aromatic heterocycles. The van der Waals surface area contributed by atoms with Gasteiger partial charge in [0, 0.05) is 26.2 Å². The third-order valence-corrected chi connectivity index (χ3v) is 4.45. The second kappa shape index (κ2) is 7.99. The van der Waals surface area contributed by atoms with Crippen molar-refractivity contribution >= 4 is 29.2 Å². The van der Waals surface area contributed by atoms with Crippen LogP contribution in [0.25, 0.3) is 0 Å². The first kappa shape index (κ1) is 16.6. The highest BCUT2D eigenvalue weighted by Crippen LogP contribution is 2.23. The summed E-state index contributed by atoms with van der Waals surface area (Å²) in [5.41, 5.74) is 1.16. The van der Waals surface area contributed by atoms with E-state index in [1.165, 1.54) is 0 Å². The van der Waals surface area contributed by atoms with Crippen molar-refractivity contribution in [1.82, 2.24) is 9.80 Å². The Hall–Kier alpha value is -0.810. The Morgan fingerprint density at radius 3 is 2.52 bits per heavy atom. The molecule has 0 saturated carbocycles. The normalized spacial score (nSPS) is 17.6. The summed E-state index contributed by atoms with van der Waals surface area (Å²) >= 11 is 12.0.